The topological polar surface area (TPSA) is 61.6 Å². The smallest absolute Gasteiger partial charge is 0.321 e. The molecule has 0 atom stereocenters. The minimum absolute atomic E-state index is 0.0466. The molecule has 0 spiro atoms. The zero-order valence-corrected chi connectivity index (χ0v) is 13.8. The van der Waals surface area contributed by atoms with Crippen molar-refractivity contribution < 1.29 is 9.32 Å². The van der Waals surface area contributed by atoms with Crippen LogP contribution in [0.15, 0.2) is 28.8 Å². The fraction of sp³-hybridized carbons (Fsp3) is 0.412. The highest BCUT2D eigenvalue weighted by Crippen LogP contribution is 2.20. The van der Waals surface area contributed by atoms with Gasteiger partial charge in [-0.05, 0) is 38.0 Å². The maximum atomic E-state index is 12.4. The van der Waals surface area contributed by atoms with Crippen LogP contribution in [0, 0.1) is 20.8 Å². The van der Waals surface area contributed by atoms with Crippen molar-refractivity contribution in [2.45, 2.75) is 20.8 Å². The van der Waals surface area contributed by atoms with Crippen LogP contribution in [0.4, 0.5) is 16.3 Å². The van der Waals surface area contributed by atoms with E-state index in [0.29, 0.717) is 13.1 Å². The number of nitrogens with zero attached hydrogens (tertiary/aromatic N) is 3. The first-order valence-corrected chi connectivity index (χ1v) is 7.85. The number of aryl methyl sites for hydroxylation is 2. The lowest BCUT2D eigenvalue weighted by atomic mass is 10.1. The molecule has 0 bridgehead atoms. The van der Waals surface area contributed by atoms with E-state index in [1.54, 1.807) is 0 Å². The van der Waals surface area contributed by atoms with Crippen molar-refractivity contribution in [3.63, 3.8) is 0 Å². The lowest BCUT2D eigenvalue weighted by molar-refractivity contribution is 0.208. The summed E-state index contributed by atoms with van der Waals surface area (Å²) in [7, 11) is 0. The Morgan fingerprint density at radius 2 is 1.91 bits per heavy atom. The lowest BCUT2D eigenvalue weighted by Crippen LogP contribution is -2.50. The number of nitrogens with one attached hydrogen (secondary N) is 1. The van der Waals surface area contributed by atoms with Gasteiger partial charge in [0.2, 0.25) is 0 Å². The molecule has 0 saturated carbocycles. The van der Waals surface area contributed by atoms with E-state index in [4.69, 9.17) is 4.52 Å². The van der Waals surface area contributed by atoms with Gasteiger partial charge in [0.1, 0.15) is 5.76 Å². The summed E-state index contributed by atoms with van der Waals surface area (Å²) >= 11 is 0. The molecule has 2 amide bonds. The maximum Gasteiger partial charge on any atom is 0.321 e. The fourth-order valence-corrected chi connectivity index (χ4v) is 2.72. The fourth-order valence-electron chi connectivity index (χ4n) is 2.72. The predicted molar refractivity (Wildman–Crippen MR) is 90.0 cm³/mol. The second-order valence-corrected chi connectivity index (χ2v) is 5.95. The monoisotopic (exact) mass is 314 g/mol. The molecule has 1 aliphatic rings. The summed E-state index contributed by atoms with van der Waals surface area (Å²) in [4.78, 5) is 16.4. The van der Waals surface area contributed by atoms with Gasteiger partial charge in [0.05, 0.1) is 0 Å². The Morgan fingerprint density at radius 3 is 2.57 bits per heavy atom. The van der Waals surface area contributed by atoms with Crippen molar-refractivity contribution >= 4 is 17.5 Å². The third-order valence-electron chi connectivity index (χ3n) is 4.35. The Bertz CT molecular complexity index is 702. The van der Waals surface area contributed by atoms with Crippen LogP contribution >= 0.6 is 0 Å². The molecule has 2 aromatic rings. The van der Waals surface area contributed by atoms with Gasteiger partial charge < -0.3 is 19.6 Å². The number of amides is 2. The summed E-state index contributed by atoms with van der Waals surface area (Å²) in [5.74, 6) is 1.65. The largest absolute Gasteiger partial charge is 0.360 e. The van der Waals surface area contributed by atoms with Crippen molar-refractivity contribution in [2.75, 3.05) is 36.4 Å². The molecule has 1 N–H and O–H groups in total. The first-order valence-electron chi connectivity index (χ1n) is 7.85. The number of carbonyl (C=O) groups excluding carboxylic acids is 1. The minimum Gasteiger partial charge on any atom is -0.360 e. The highest BCUT2D eigenvalue weighted by molar-refractivity contribution is 5.90. The molecule has 0 aliphatic carbocycles. The van der Waals surface area contributed by atoms with Crippen LogP contribution in [0.5, 0.6) is 0 Å². The number of aromatic nitrogens is 1. The molecule has 1 aliphatic heterocycles. The van der Waals surface area contributed by atoms with Gasteiger partial charge in [-0.25, -0.2) is 4.79 Å². The number of rotatable bonds is 2. The molecular weight excluding hydrogens is 292 g/mol. The van der Waals surface area contributed by atoms with E-state index in [2.05, 4.69) is 15.4 Å². The average Bonchev–Trinajstić information content (AvgIpc) is 2.98. The SMILES string of the molecule is Cc1cc(N2CCN(C(=O)Nc3cccc(C)c3C)CC2)no1. The maximum absolute atomic E-state index is 12.4. The first-order chi connectivity index (χ1) is 11.0. The molecule has 6 nitrogen and oxygen atoms in total. The van der Waals surface area contributed by atoms with Gasteiger partial charge in [-0.2, -0.15) is 0 Å². The standard InChI is InChI=1S/C17H22N4O2/c1-12-5-4-6-15(14(12)3)18-17(22)21-9-7-20(8-10-21)16-11-13(2)23-19-16/h4-6,11H,7-10H2,1-3H3,(H,18,22). The van der Waals surface area contributed by atoms with Gasteiger partial charge in [0.25, 0.3) is 0 Å². The van der Waals surface area contributed by atoms with Gasteiger partial charge >= 0.3 is 6.03 Å². The Morgan fingerprint density at radius 1 is 1.17 bits per heavy atom. The molecule has 23 heavy (non-hydrogen) atoms. The molecule has 2 heterocycles. The number of urea groups is 1. The first kappa shape index (κ1) is 15.4. The molecule has 3 rings (SSSR count). The van der Waals surface area contributed by atoms with E-state index in [1.807, 2.05) is 49.9 Å². The van der Waals surface area contributed by atoms with Crippen LogP contribution in [0.1, 0.15) is 16.9 Å². The molecule has 6 heteroatoms. The van der Waals surface area contributed by atoms with Crippen LogP contribution in [-0.4, -0.2) is 42.3 Å². The summed E-state index contributed by atoms with van der Waals surface area (Å²) in [6.07, 6.45) is 0. The number of hydrogen-bond donors (Lipinski definition) is 1. The molecule has 0 unspecified atom stereocenters. The van der Waals surface area contributed by atoms with E-state index in [-0.39, 0.29) is 6.03 Å². The van der Waals surface area contributed by atoms with Crippen molar-refractivity contribution in [1.29, 1.82) is 0 Å². The van der Waals surface area contributed by atoms with E-state index < -0.39 is 0 Å². The van der Waals surface area contributed by atoms with Gasteiger partial charge in [-0.15, -0.1) is 0 Å². The highest BCUT2D eigenvalue weighted by Gasteiger charge is 2.23. The number of hydrogen-bond acceptors (Lipinski definition) is 4. The second-order valence-electron chi connectivity index (χ2n) is 5.95. The van der Waals surface area contributed by atoms with Crippen molar-refractivity contribution in [3.8, 4) is 0 Å². The van der Waals surface area contributed by atoms with Crippen LogP contribution in [0.25, 0.3) is 0 Å². The summed E-state index contributed by atoms with van der Waals surface area (Å²) in [5.41, 5.74) is 3.16. The van der Waals surface area contributed by atoms with Crippen molar-refractivity contribution in [1.82, 2.24) is 10.1 Å². The van der Waals surface area contributed by atoms with Crippen LogP contribution in [0.3, 0.4) is 0 Å². The zero-order valence-electron chi connectivity index (χ0n) is 13.8. The number of benzene rings is 1. The Hall–Kier alpha value is -2.50. The predicted octanol–water partition coefficient (Wildman–Crippen LogP) is 2.95. The minimum atomic E-state index is -0.0466. The third-order valence-corrected chi connectivity index (χ3v) is 4.35. The Labute approximate surface area is 136 Å². The Balaban J connectivity index is 1.59. The van der Waals surface area contributed by atoms with Gasteiger partial charge in [0, 0.05) is 37.9 Å². The van der Waals surface area contributed by atoms with Crippen LogP contribution < -0.4 is 10.2 Å². The molecule has 1 fully saturated rings. The van der Waals surface area contributed by atoms with E-state index in [1.165, 1.54) is 5.56 Å². The van der Waals surface area contributed by atoms with Gasteiger partial charge in [-0.3, -0.25) is 0 Å². The normalized spacial score (nSPS) is 14.9. The summed E-state index contributed by atoms with van der Waals surface area (Å²) in [5, 5.41) is 7.04. The van der Waals surface area contributed by atoms with E-state index in [0.717, 1.165) is 35.9 Å². The van der Waals surface area contributed by atoms with Crippen LogP contribution in [0.2, 0.25) is 0 Å². The molecule has 1 aromatic heterocycles. The molecule has 1 saturated heterocycles. The van der Waals surface area contributed by atoms with E-state index >= 15 is 0 Å². The van der Waals surface area contributed by atoms with Crippen LogP contribution in [-0.2, 0) is 0 Å². The number of anilines is 2. The zero-order chi connectivity index (χ0) is 16.4. The molecule has 0 radical (unpaired) electrons. The summed E-state index contributed by atoms with van der Waals surface area (Å²) in [6, 6.07) is 7.82. The molecule has 1 aromatic carbocycles. The molecular formula is C17H22N4O2. The summed E-state index contributed by atoms with van der Waals surface area (Å²) in [6.45, 7) is 8.80. The van der Waals surface area contributed by atoms with Crippen molar-refractivity contribution in [2.24, 2.45) is 0 Å². The van der Waals surface area contributed by atoms with Gasteiger partial charge in [-0.1, -0.05) is 17.3 Å². The lowest BCUT2D eigenvalue weighted by Gasteiger charge is -2.34. The highest BCUT2D eigenvalue weighted by atomic mass is 16.5. The quantitative estimate of drug-likeness (QED) is 0.926. The Kier molecular flexibility index (Phi) is 4.23. The average molecular weight is 314 g/mol. The number of carbonyl (C=O) groups is 1. The third kappa shape index (κ3) is 3.31. The second kappa shape index (κ2) is 6.32. The number of piperazine rings is 1. The summed E-state index contributed by atoms with van der Waals surface area (Å²) < 4.78 is 5.11. The van der Waals surface area contributed by atoms with Crippen molar-refractivity contribution in [3.05, 3.63) is 41.2 Å². The van der Waals surface area contributed by atoms with Gasteiger partial charge in [0.15, 0.2) is 5.82 Å². The molecule has 122 valence electrons. The van der Waals surface area contributed by atoms with E-state index in [9.17, 15) is 4.79 Å².